The molecule has 3 aromatic rings. The molecule has 0 radical (unpaired) electrons. The average Bonchev–Trinajstić information content (AvgIpc) is 2.68. The molecule has 3 aromatic carbocycles. The molecular weight excluding hydrogens is 373 g/mol. The molecule has 1 atom stereocenters. The van der Waals surface area contributed by atoms with Crippen molar-refractivity contribution in [2.24, 2.45) is 0 Å². The van der Waals surface area contributed by atoms with Crippen LogP contribution in [0.3, 0.4) is 0 Å². The SMILES string of the molecule is C[C@H](NC(=O)c1ccccc1[Se]Cc1ccccc1)c1ccccc1. The Balaban J connectivity index is 1.70. The fourth-order valence-electron chi connectivity index (χ4n) is 2.61. The predicted octanol–water partition coefficient (Wildman–Crippen LogP) is 3.71. The van der Waals surface area contributed by atoms with Gasteiger partial charge in [-0.2, -0.15) is 0 Å². The second kappa shape index (κ2) is 8.66. The van der Waals surface area contributed by atoms with Gasteiger partial charge < -0.3 is 0 Å². The zero-order valence-electron chi connectivity index (χ0n) is 14.2. The Kier molecular flexibility index (Phi) is 6.05. The summed E-state index contributed by atoms with van der Waals surface area (Å²) >= 11 is 0.227. The molecule has 3 heteroatoms. The first-order valence-electron chi connectivity index (χ1n) is 8.35. The van der Waals surface area contributed by atoms with E-state index in [0.29, 0.717) is 0 Å². The quantitative estimate of drug-likeness (QED) is 0.635. The van der Waals surface area contributed by atoms with Crippen LogP contribution in [0, 0.1) is 0 Å². The molecule has 0 aliphatic heterocycles. The zero-order chi connectivity index (χ0) is 17.5. The van der Waals surface area contributed by atoms with E-state index in [0.717, 1.165) is 20.9 Å². The number of nitrogens with one attached hydrogen (secondary N) is 1. The summed E-state index contributed by atoms with van der Waals surface area (Å²) in [6, 6.07) is 28.4. The molecule has 0 unspecified atom stereocenters. The van der Waals surface area contributed by atoms with Gasteiger partial charge in [0.2, 0.25) is 0 Å². The Hall–Kier alpha value is -2.35. The maximum atomic E-state index is 12.8. The molecule has 1 N–H and O–H groups in total. The summed E-state index contributed by atoms with van der Waals surface area (Å²) in [4.78, 5) is 12.8. The second-order valence-corrected chi connectivity index (χ2v) is 8.01. The molecule has 0 spiro atoms. The number of rotatable bonds is 6. The van der Waals surface area contributed by atoms with Crippen molar-refractivity contribution in [1.29, 1.82) is 0 Å². The van der Waals surface area contributed by atoms with Crippen molar-refractivity contribution in [2.45, 2.75) is 18.3 Å². The Morgan fingerprint density at radius 2 is 1.48 bits per heavy atom. The van der Waals surface area contributed by atoms with Crippen molar-refractivity contribution in [3.05, 3.63) is 102 Å². The molecule has 0 saturated carbocycles. The third-order valence-corrected chi connectivity index (χ3v) is 6.42. The van der Waals surface area contributed by atoms with Crippen molar-refractivity contribution in [1.82, 2.24) is 5.32 Å². The first kappa shape index (κ1) is 17.5. The molecule has 126 valence electrons. The van der Waals surface area contributed by atoms with E-state index < -0.39 is 0 Å². The van der Waals surface area contributed by atoms with E-state index >= 15 is 0 Å². The van der Waals surface area contributed by atoms with Gasteiger partial charge in [0.25, 0.3) is 0 Å². The van der Waals surface area contributed by atoms with Crippen LogP contribution in [0.25, 0.3) is 0 Å². The molecule has 1 amide bonds. The summed E-state index contributed by atoms with van der Waals surface area (Å²) in [7, 11) is 0. The van der Waals surface area contributed by atoms with Gasteiger partial charge in [-0.1, -0.05) is 0 Å². The van der Waals surface area contributed by atoms with Gasteiger partial charge in [-0.15, -0.1) is 0 Å². The maximum absolute atomic E-state index is 12.8. The molecule has 0 aliphatic carbocycles. The number of hydrogen-bond donors (Lipinski definition) is 1. The predicted molar refractivity (Wildman–Crippen MR) is 104 cm³/mol. The molecule has 0 aromatic heterocycles. The van der Waals surface area contributed by atoms with Gasteiger partial charge in [0.1, 0.15) is 0 Å². The normalized spacial score (nSPS) is 11.7. The van der Waals surface area contributed by atoms with Gasteiger partial charge >= 0.3 is 155 Å². The molecule has 2 nitrogen and oxygen atoms in total. The van der Waals surface area contributed by atoms with Gasteiger partial charge in [-0.25, -0.2) is 0 Å². The summed E-state index contributed by atoms with van der Waals surface area (Å²) < 4.78 is 1.15. The average molecular weight is 394 g/mol. The molecule has 3 rings (SSSR count). The fourth-order valence-corrected chi connectivity index (χ4v) is 4.72. The Morgan fingerprint density at radius 3 is 2.20 bits per heavy atom. The van der Waals surface area contributed by atoms with Crippen LogP contribution >= 0.6 is 0 Å². The van der Waals surface area contributed by atoms with Crippen molar-refractivity contribution >= 4 is 25.3 Å². The van der Waals surface area contributed by atoms with Gasteiger partial charge in [-0.3, -0.25) is 0 Å². The van der Waals surface area contributed by atoms with E-state index in [1.807, 2.05) is 61.5 Å². The molecule has 0 fully saturated rings. The molecule has 0 heterocycles. The summed E-state index contributed by atoms with van der Waals surface area (Å²) in [5, 5.41) is 4.11. The van der Waals surface area contributed by atoms with Crippen molar-refractivity contribution < 1.29 is 4.79 Å². The van der Waals surface area contributed by atoms with Gasteiger partial charge in [0, 0.05) is 0 Å². The minimum absolute atomic E-state index is 0.00175. The number of carbonyl (C=O) groups excluding carboxylic acids is 1. The van der Waals surface area contributed by atoms with E-state index in [1.165, 1.54) is 5.56 Å². The van der Waals surface area contributed by atoms with E-state index in [1.54, 1.807) is 0 Å². The van der Waals surface area contributed by atoms with Crippen molar-refractivity contribution in [3.63, 3.8) is 0 Å². The summed E-state index contributed by atoms with van der Waals surface area (Å²) in [5.41, 5.74) is 3.22. The first-order valence-corrected chi connectivity index (χ1v) is 10.4. The third kappa shape index (κ3) is 4.82. The second-order valence-electron chi connectivity index (χ2n) is 5.88. The number of carbonyl (C=O) groups is 1. The summed E-state index contributed by atoms with van der Waals surface area (Å²) in [5.74, 6) is 0.00175. The van der Waals surface area contributed by atoms with Crippen LogP contribution in [-0.2, 0) is 5.32 Å². The Bertz CT molecular complexity index is 818. The van der Waals surface area contributed by atoms with Crippen molar-refractivity contribution in [3.8, 4) is 0 Å². The van der Waals surface area contributed by atoms with Gasteiger partial charge in [-0.05, 0) is 0 Å². The summed E-state index contributed by atoms with van der Waals surface area (Å²) in [6.07, 6.45) is 0. The topological polar surface area (TPSA) is 29.1 Å². The molecular formula is C22H21NOSe. The first-order chi connectivity index (χ1) is 12.2. The van der Waals surface area contributed by atoms with E-state index in [2.05, 4.69) is 35.6 Å². The van der Waals surface area contributed by atoms with Crippen LogP contribution in [0.5, 0.6) is 0 Å². The van der Waals surface area contributed by atoms with E-state index in [4.69, 9.17) is 0 Å². The van der Waals surface area contributed by atoms with Crippen LogP contribution in [0.15, 0.2) is 84.9 Å². The molecule has 0 aliphatic rings. The monoisotopic (exact) mass is 395 g/mol. The standard InChI is InChI=1S/C22H21NOSe/c1-17(19-12-6-3-7-13-19)23-22(24)20-14-8-9-15-21(20)25-16-18-10-4-2-5-11-18/h2-15,17H,16H2,1H3,(H,23,24)/t17-/m0/s1. The molecule has 0 saturated heterocycles. The Labute approximate surface area is 155 Å². The van der Waals surface area contributed by atoms with Gasteiger partial charge in [0.05, 0.1) is 0 Å². The van der Waals surface area contributed by atoms with E-state index in [9.17, 15) is 4.79 Å². The summed E-state index contributed by atoms with van der Waals surface area (Å²) in [6.45, 7) is 2.02. The third-order valence-electron chi connectivity index (χ3n) is 4.02. The number of amides is 1. The van der Waals surface area contributed by atoms with Crippen molar-refractivity contribution in [2.75, 3.05) is 0 Å². The van der Waals surface area contributed by atoms with Crippen LogP contribution in [0.4, 0.5) is 0 Å². The number of hydrogen-bond acceptors (Lipinski definition) is 1. The van der Waals surface area contributed by atoms with Gasteiger partial charge in [0.15, 0.2) is 0 Å². The molecule has 25 heavy (non-hydrogen) atoms. The Morgan fingerprint density at radius 1 is 0.880 bits per heavy atom. The van der Waals surface area contributed by atoms with Crippen LogP contribution in [0.1, 0.15) is 34.5 Å². The molecule has 0 bridgehead atoms. The van der Waals surface area contributed by atoms with Crippen LogP contribution < -0.4 is 9.78 Å². The zero-order valence-corrected chi connectivity index (χ0v) is 15.9. The van der Waals surface area contributed by atoms with Crippen LogP contribution in [0.2, 0.25) is 0 Å². The number of benzene rings is 3. The fraction of sp³-hybridized carbons (Fsp3) is 0.136. The minimum atomic E-state index is -0.0108. The van der Waals surface area contributed by atoms with E-state index in [-0.39, 0.29) is 26.9 Å². The van der Waals surface area contributed by atoms with Crippen LogP contribution in [-0.4, -0.2) is 20.9 Å².